The molecule has 0 atom stereocenters. The highest BCUT2D eigenvalue weighted by molar-refractivity contribution is 8.26. The second kappa shape index (κ2) is 6.51. The third-order valence-electron chi connectivity index (χ3n) is 2.34. The minimum atomic E-state index is -0.450. The van der Waals surface area contributed by atoms with Gasteiger partial charge in [-0.05, 0) is 31.4 Å². The molecule has 0 bridgehead atoms. The van der Waals surface area contributed by atoms with E-state index in [4.69, 9.17) is 17.0 Å². The topological polar surface area (TPSA) is 46.6 Å². The Balaban J connectivity index is 2.07. The van der Waals surface area contributed by atoms with E-state index in [0.717, 1.165) is 4.88 Å². The average molecular weight is 327 g/mol. The van der Waals surface area contributed by atoms with Gasteiger partial charge in [-0.1, -0.05) is 30.0 Å². The minimum absolute atomic E-state index is 0.134. The summed E-state index contributed by atoms with van der Waals surface area (Å²) in [6, 6.07) is 3.83. The Hall–Kier alpha value is -1.18. The molecule has 1 aromatic heterocycles. The van der Waals surface area contributed by atoms with Gasteiger partial charge in [-0.3, -0.25) is 14.5 Å². The fraction of sp³-hybridized carbons (Fsp3) is 0.308. The maximum atomic E-state index is 12.2. The highest BCUT2D eigenvalue weighted by Crippen LogP contribution is 2.33. The number of thioether (sulfide) groups is 1. The summed E-state index contributed by atoms with van der Waals surface area (Å²) < 4.78 is 5.42. The van der Waals surface area contributed by atoms with Crippen LogP contribution in [0.5, 0.6) is 0 Å². The van der Waals surface area contributed by atoms with Crippen LogP contribution in [0.15, 0.2) is 22.4 Å². The van der Waals surface area contributed by atoms with Gasteiger partial charge in [0.2, 0.25) is 0 Å². The fourth-order valence-electron chi connectivity index (χ4n) is 1.57. The summed E-state index contributed by atoms with van der Waals surface area (Å²) in [5.74, 6) is -0.692. The van der Waals surface area contributed by atoms with Gasteiger partial charge in [0.25, 0.3) is 5.91 Å². The second-order valence-corrected chi connectivity index (χ2v) is 6.98. The van der Waals surface area contributed by atoms with E-state index in [1.54, 1.807) is 31.3 Å². The third kappa shape index (κ3) is 3.68. The molecule has 0 aromatic carbocycles. The first-order valence-electron chi connectivity index (χ1n) is 5.95. The monoisotopic (exact) mass is 327 g/mol. The third-order valence-corrected chi connectivity index (χ3v) is 4.54. The van der Waals surface area contributed by atoms with Crippen molar-refractivity contribution in [1.29, 1.82) is 0 Å². The predicted octanol–water partition coefficient (Wildman–Crippen LogP) is 2.90. The zero-order chi connectivity index (χ0) is 14.7. The number of esters is 1. The second-order valence-electron chi connectivity index (χ2n) is 4.32. The number of hydrogen-bond donors (Lipinski definition) is 0. The van der Waals surface area contributed by atoms with Crippen LogP contribution in [-0.4, -0.2) is 33.7 Å². The van der Waals surface area contributed by atoms with Gasteiger partial charge in [-0.2, -0.15) is 0 Å². The van der Waals surface area contributed by atoms with Crippen LogP contribution in [0.2, 0.25) is 0 Å². The molecule has 0 spiro atoms. The van der Waals surface area contributed by atoms with Crippen LogP contribution < -0.4 is 0 Å². The SMILES string of the molecule is CC(C)OC(=O)CN1C(=O)/C(=C\c2cccs2)SC1=S. The summed E-state index contributed by atoms with van der Waals surface area (Å²) >= 11 is 7.90. The molecule has 4 nitrogen and oxygen atoms in total. The van der Waals surface area contributed by atoms with Crippen molar-refractivity contribution in [2.75, 3.05) is 6.54 Å². The normalized spacial score (nSPS) is 17.4. The number of ether oxygens (including phenoxy) is 1. The van der Waals surface area contributed by atoms with E-state index in [0.29, 0.717) is 9.23 Å². The van der Waals surface area contributed by atoms with Crippen molar-refractivity contribution in [1.82, 2.24) is 4.90 Å². The van der Waals surface area contributed by atoms with Crippen molar-refractivity contribution >= 4 is 57.6 Å². The molecule has 0 radical (unpaired) electrons. The maximum Gasteiger partial charge on any atom is 0.326 e. The Morgan fingerprint density at radius 3 is 2.90 bits per heavy atom. The van der Waals surface area contributed by atoms with Gasteiger partial charge in [-0.15, -0.1) is 11.3 Å². The van der Waals surface area contributed by atoms with E-state index in [1.807, 2.05) is 17.5 Å². The van der Waals surface area contributed by atoms with Gasteiger partial charge >= 0.3 is 5.97 Å². The summed E-state index contributed by atoms with van der Waals surface area (Å²) in [6.07, 6.45) is 1.58. The smallest absolute Gasteiger partial charge is 0.326 e. The van der Waals surface area contributed by atoms with Crippen molar-refractivity contribution < 1.29 is 14.3 Å². The van der Waals surface area contributed by atoms with E-state index >= 15 is 0 Å². The van der Waals surface area contributed by atoms with Gasteiger partial charge in [0.1, 0.15) is 10.9 Å². The molecule has 0 aliphatic carbocycles. The first-order chi connectivity index (χ1) is 9.47. The van der Waals surface area contributed by atoms with Gasteiger partial charge in [0, 0.05) is 4.88 Å². The minimum Gasteiger partial charge on any atom is -0.462 e. The van der Waals surface area contributed by atoms with Crippen LogP contribution in [0, 0.1) is 0 Å². The highest BCUT2D eigenvalue weighted by atomic mass is 32.2. The number of hydrogen-bond acceptors (Lipinski definition) is 6. The quantitative estimate of drug-likeness (QED) is 0.483. The Morgan fingerprint density at radius 1 is 1.55 bits per heavy atom. The van der Waals surface area contributed by atoms with E-state index < -0.39 is 5.97 Å². The molecule has 0 saturated carbocycles. The first kappa shape index (κ1) is 15.2. The maximum absolute atomic E-state index is 12.2. The summed E-state index contributed by atoms with van der Waals surface area (Å²) in [4.78, 5) is 26.6. The number of rotatable bonds is 4. The number of nitrogens with zero attached hydrogens (tertiary/aromatic N) is 1. The largest absolute Gasteiger partial charge is 0.462 e. The molecule has 1 saturated heterocycles. The molecule has 1 amide bonds. The summed E-state index contributed by atoms with van der Waals surface area (Å²) in [5, 5.41) is 1.94. The molecule has 0 unspecified atom stereocenters. The van der Waals surface area contributed by atoms with Crippen LogP contribution in [0.3, 0.4) is 0 Å². The van der Waals surface area contributed by atoms with E-state index in [-0.39, 0.29) is 18.6 Å². The summed E-state index contributed by atoms with van der Waals surface area (Å²) in [6.45, 7) is 3.39. The number of amides is 1. The van der Waals surface area contributed by atoms with E-state index in [9.17, 15) is 9.59 Å². The van der Waals surface area contributed by atoms with Crippen LogP contribution in [0.1, 0.15) is 18.7 Å². The molecule has 20 heavy (non-hydrogen) atoms. The lowest BCUT2D eigenvalue weighted by Gasteiger charge is -2.14. The van der Waals surface area contributed by atoms with E-state index in [2.05, 4.69) is 0 Å². The van der Waals surface area contributed by atoms with Gasteiger partial charge in [0.05, 0.1) is 11.0 Å². The van der Waals surface area contributed by atoms with Crippen LogP contribution in [0.25, 0.3) is 6.08 Å². The van der Waals surface area contributed by atoms with Gasteiger partial charge < -0.3 is 4.74 Å². The Kier molecular flexibility index (Phi) is 4.95. The van der Waals surface area contributed by atoms with Gasteiger partial charge in [0.15, 0.2) is 0 Å². The molecule has 0 N–H and O–H groups in total. The van der Waals surface area contributed by atoms with Gasteiger partial charge in [-0.25, -0.2) is 0 Å². The van der Waals surface area contributed by atoms with Crippen LogP contribution >= 0.6 is 35.3 Å². The molecule has 106 valence electrons. The number of thiocarbonyl (C=S) groups is 1. The Labute approximate surface area is 130 Å². The van der Waals surface area contributed by atoms with Crippen molar-refractivity contribution in [3.63, 3.8) is 0 Å². The summed E-state index contributed by atoms with van der Waals surface area (Å²) in [5.41, 5.74) is 0. The molecular weight excluding hydrogens is 314 g/mol. The molecule has 2 heterocycles. The molecule has 1 aromatic rings. The Morgan fingerprint density at radius 2 is 2.30 bits per heavy atom. The highest BCUT2D eigenvalue weighted by Gasteiger charge is 2.33. The van der Waals surface area contributed by atoms with Crippen molar-refractivity contribution in [2.24, 2.45) is 0 Å². The summed E-state index contributed by atoms with van der Waals surface area (Å²) in [7, 11) is 0. The molecule has 1 aliphatic rings. The molecule has 1 aliphatic heterocycles. The number of carbonyl (C=O) groups excluding carboxylic acids is 2. The zero-order valence-electron chi connectivity index (χ0n) is 11.0. The molecule has 7 heteroatoms. The zero-order valence-corrected chi connectivity index (χ0v) is 13.4. The van der Waals surface area contributed by atoms with Crippen molar-refractivity contribution in [3.05, 3.63) is 27.3 Å². The lowest BCUT2D eigenvalue weighted by atomic mass is 10.3. The average Bonchev–Trinajstić information content (AvgIpc) is 2.93. The lowest BCUT2D eigenvalue weighted by molar-refractivity contribution is -0.149. The lowest BCUT2D eigenvalue weighted by Crippen LogP contribution is -2.35. The number of thiophene rings is 1. The predicted molar refractivity (Wildman–Crippen MR) is 85.4 cm³/mol. The van der Waals surface area contributed by atoms with Crippen molar-refractivity contribution in [3.8, 4) is 0 Å². The molecule has 2 rings (SSSR count). The Bertz CT molecular complexity index is 563. The van der Waals surface area contributed by atoms with Crippen LogP contribution in [0.4, 0.5) is 0 Å². The number of carbonyl (C=O) groups is 2. The molecule has 1 fully saturated rings. The van der Waals surface area contributed by atoms with Crippen molar-refractivity contribution in [2.45, 2.75) is 20.0 Å². The standard InChI is InChI=1S/C13H13NO3S3/c1-8(2)17-11(15)7-14-12(16)10(20-13(14)18)6-9-4-3-5-19-9/h3-6,8H,7H2,1-2H3/b10-6+. The fourth-order valence-corrected chi connectivity index (χ4v) is 3.55. The first-order valence-corrected chi connectivity index (χ1v) is 8.06. The van der Waals surface area contributed by atoms with Crippen LogP contribution in [-0.2, 0) is 14.3 Å². The molecular formula is C13H13NO3S3. The van der Waals surface area contributed by atoms with E-state index in [1.165, 1.54) is 16.7 Å².